The van der Waals surface area contributed by atoms with Gasteiger partial charge >= 0.3 is 0 Å². The predicted octanol–water partition coefficient (Wildman–Crippen LogP) is 3.90. The molecule has 1 aliphatic heterocycles. The Hall–Kier alpha value is -1.28. The number of hydrogen-bond donors (Lipinski definition) is 2. The van der Waals surface area contributed by atoms with Crippen LogP contribution in [0.3, 0.4) is 0 Å². The Morgan fingerprint density at radius 2 is 2.15 bits per heavy atom. The number of fused-ring (bicyclic) bond motifs is 1. The highest BCUT2D eigenvalue weighted by atomic mass is 16.3. The summed E-state index contributed by atoms with van der Waals surface area (Å²) >= 11 is 0. The van der Waals surface area contributed by atoms with Gasteiger partial charge in [-0.15, -0.1) is 0 Å². The first-order chi connectivity index (χ1) is 9.24. The van der Waals surface area contributed by atoms with Crippen LogP contribution in [0.4, 0.5) is 0 Å². The molecule has 2 nitrogen and oxygen atoms in total. The highest BCUT2D eigenvalue weighted by Gasteiger charge is 2.63. The minimum atomic E-state index is 0. The molecule has 0 amide bonds. The van der Waals surface area contributed by atoms with E-state index in [4.69, 9.17) is 0 Å². The minimum absolute atomic E-state index is 0. The van der Waals surface area contributed by atoms with Crippen LogP contribution in [0.25, 0.3) is 0 Å². The number of aliphatic hydroxyl groups excluding tert-OH is 1. The Labute approximate surface area is 122 Å². The van der Waals surface area contributed by atoms with E-state index in [1.165, 1.54) is 12.8 Å². The lowest BCUT2D eigenvalue weighted by Gasteiger charge is -2.47. The van der Waals surface area contributed by atoms with Gasteiger partial charge in [-0.1, -0.05) is 37.8 Å². The average Bonchev–Trinajstić information content (AvgIpc) is 2.55. The predicted molar refractivity (Wildman–Crippen MR) is 83.5 cm³/mol. The SMILES string of the molecule is C.OC1=C\C23CCC=CC2C2NC[C@]2(C/C=C/C=C\1)C3. The van der Waals surface area contributed by atoms with Crippen molar-refractivity contribution >= 4 is 0 Å². The van der Waals surface area contributed by atoms with Gasteiger partial charge in [-0.05, 0) is 37.8 Å². The van der Waals surface area contributed by atoms with Crippen molar-refractivity contribution in [1.29, 1.82) is 0 Å². The fourth-order valence-electron chi connectivity index (χ4n) is 4.82. The number of nitrogens with one attached hydrogen (secondary N) is 1. The molecule has 1 saturated carbocycles. The van der Waals surface area contributed by atoms with E-state index in [0.717, 1.165) is 19.4 Å². The molecule has 0 radical (unpaired) electrons. The molecule has 4 rings (SSSR count). The lowest BCUT2D eigenvalue weighted by Crippen LogP contribution is -2.61. The zero-order valence-corrected chi connectivity index (χ0v) is 11.2. The second kappa shape index (κ2) is 4.63. The summed E-state index contributed by atoms with van der Waals surface area (Å²) in [4.78, 5) is 0. The van der Waals surface area contributed by atoms with Crippen LogP contribution in [0.1, 0.15) is 33.1 Å². The highest BCUT2D eigenvalue weighted by molar-refractivity contribution is 5.32. The molecule has 4 aliphatic rings. The number of rotatable bonds is 0. The molecule has 2 spiro atoms. The van der Waals surface area contributed by atoms with Crippen molar-refractivity contribution in [2.75, 3.05) is 6.54 Å². The fourth-order valence-corrected chi connectivity index (χ4v) is 4.82. The van der Waals surface area contributed by atoms with Gasteiger partial charge in [0.15, 0.2) is 0 Å². The molecule has 0 aromatic heterocycles. The van der Waals surface area contributed by atoms with Crippen molar-refractivity contribution in [1.82, 2.24) is 5.32 Å². The van der Waals surface area contributed by atoms with Gasteiger partial charge in [0.05, 0.1) is 0 Å². The zero-order chi connectivity index (χ0) is 12.9. The largest absolute Gasteiger partial charge is 0.508 e. The van der Waals surface area contributed by atoms with Gasteiger partial charge in [0.2, 0.25) is 0 Å². The summed E-state index contributed by atoms with van der Waals surface area (Å²) in [6.07, 6.45) is 19.7. The van der Waals surface area contributed by atoms with Gasteiger partial charge in [-0.3, -0.25) is 0 Å². The zero-order valence-electron chi connectivity index (χ0n) is 11.2. The summed E-state index contributed by atoms with van der Waals surface area (Å²) < 4.78 is 0. The molecular formula is C18H25NO. The molecule has 0 aromatic carbocycles. The van der Waals surface area contributed by atoms with Gasteiger partial charge in [-0.25, -0.2) is 0 Å². The van der Waals surface area contributed by atoms with E-state index in [9.17, 15) is 5.11 Å². The van der Waals surface area contributed by atoms with E-state index in [2.05, 4.69) is 35.7 Å². The van der Waals surface area contributed by atoms with Gasteiger partial charge < -0.3 is 10.4 Å². The van der Waals surface area contributed by atoms with Crippen LogP contribution >= 0.6 is 0 Å². The van der Waals surface area contributed by atoms with E-state index in [-0.39, 0.29) is 12.8 Å². The number of aliphatic hydroxyl groups is 1. The first kappa shape index (κ1) is 13.7. The molecule has 1 heterocycles. The number of hydrogen-bond acceptors (Lipinski definition) is 2. The molecule has 2 bridgehead atoms. The van der Waals surface area contributed by atoms with Crippen LogP contribution in [0.5, 0.6) is 0 Å². The van der Waals surface area contributed by atoms with Crippen LogP contribution in [-0.2, 0) is 0 Å². The maximum Gasteiger partial charge on any atom is 0.112 e. The molecular weight excluding hydrogens is 246 g/mol. The third-order valence-corrected chi connectivity index (χ3v) is 5.63. The molecule has 2 N–H and O–H groups in total. The van der Waals surface area contributed by atoms with E-state index in [0.29, 0.717) is 23.1 Å². The lowest BCUT2D eigenvalue weighted by atomic mass is 9.70. The van der Waals surface area contributed by atoms with Gasteiger partial charge in [-0.2, -0.15) is 0 Å². The van der Waals surface area contributed by atoms with Crippen LogP contribution < -0.4 is 5.32 Å². The Balaban J connectivity index is 0.00000121. The molecule has 3 unspecified atom stereocenters. The first-order valence-corrected chi connectivity index (χ1v) is 7.39. The smallest absolute Gasteiger partial charge is 0.112 e. The molecule has 2 fully saturated rings. The average molecular weight is 271 g/mol. The summed E-state index contributed by atoms with van der Waals surface area (Å²) in [5.74, 6) is 0.986. The highest BCUT2D eigenvalue weighted by Crippen LogP contribution is 2.63. The topological polar surface area (TPSA) is 32.3 Å². The standard InChI is InChI=1S/C17H21NO.CH4/c19-13-6-2-1-4-9-17-11-16(10-13)8-5-3-7-14(16)15(17)18-12-17;/h1-4,6-7,10,14-15,18-19H,5,8-9,11-12H2;1H4/b4-1+,6-2-,13-10-;/t14?,15?,16?,17-;/m0./s1. The Bertz CT molecular complexity index is 516. The monoisotopic (exact) mass is 271 g/mol. The van der Waals surface area contributed by atoms with E-state index < -0.39 is 0 Å². The summed E-state index contributed by atoms with van der Waals surface area (Å²) in [7, 11) is 0. The quantitative estimate of drug-likeness (QED) is 0.655. The molecule has 108 valence electrons. The van der Waals surface area contributed by atoms with E-state index >= 15 is 0 Å². The summed E-state index contributed by atoms with van der Waals surface area (Å²) in [5.41, 5.74) is 0.584. The Morgan fingerprint density at radius 3 is 2.95 bits per heavy atom. The molecule has 0 aromatic rings. The summed E-state index contributed by atoms with van der Waals surface area (Å²) in [5, 5.41) is 13.8. The van der Waals surface area contributed by atoms with Crippen molar-refractivity contribution in [3.05, 3.63) is 48.3 Å². The second-order valence-electron chi connectivity index (χ2n) is 6.68. The minimum Gasteiger partial charge on any atom is -0.508 e. The van der Waals surface area contributed by atoms with Crippen LogP contribution in [0.15, 0.2) is 48.3 Å². The lowest BCUT2D eigenvalue weighted by molar-refractivity contribution is 0.106. The number of allylic oxidation sites excluding steroid dienone is 6. The van der Waals surface area contributed by atoms with Crippen molar-refractivity contribution < 1.29 is 5.11 Å². The fraction of sp³-hybridized carbons (Fsp3) is 0.556. The van der Waals surface area contributed by atoms with Gasteiger partial charge in [0, 0.05) is 29.3 Å². The molecule has 1 saturated heterocycles. The van der Waals surface area contributed by atoms with E-state index in [1.54, 1.807) is 0 Å². The van der Waals surface area contributed by atoms with Crippen molar-refractivity contribution in [3.63, 3.8) is 0 Å². The second-order valence-corrected chi connectivity index (χ2v) is 6.68. The van der Waals surface area contributed by atoms with Crippen LogP contribution in [0, 0.1) is 16.7 Å². The van der Waals surface area contributed by atoms with Crippen LogP contribution in [-0.4, -0.2) is 17.7 Å². The maximum atomic E-state index is 10.2. The van der Waals surface area contributed by atoms with Crippen LogP contribution in [0.2, 0.25) is 0 Å². The van der Waals surface area contributed by atoms with Crippen molar-refractivity contribution in [3.8, 4) is 0 Å². The van der Waals surface area contributed by atoms with Gasteiger partial charge in [0.25, 0.3) is 0 Å². The molecule has 2 heteroatoms. The molecule has 3 aliphatic carbocycles. The maximum absolute atomic E-state index is 10.2. The summed E-state index contributed by atoms with van der Waals surface area (Å²) in [6.45, 7) is 1.13. The van der Waals surface area contributed by atoms with Crippen molar-refractivity contribution in [2.24, 2.45) is 16.7 Å². The third-order valence-electron chi connectivity index (χ3n) is 5.63. The first-order valence-electron chi connectivity index (χ1n) is 7.39. The van der Waals surface area contributed by atoms with Gasteiger partial charge in [0.1, 0.15) is 5.76 Å². The normalized spacial score (nSPS) is 50.5. The Morgan fingerprint density at radius 1 is 1.25 bits per heavy atom. The molecule has 4 atom stereocenters. The summed E-state index contributed by atoms with van der Waals surface area (Å²) in [6, 6.07) is 0.593. The Kier molecular flexibility index (Phi) is 3.17. The third kappa shape index (κ3) is 1.74. The van der Waals surface area contributed by atoms with Crippen molar-refractivity contribution in [2.45, 2.75) is 39.2 Å². The van der Waals surface area contributed by atoms with E-state index in [1.807, 2.05) is 12.2 Å². The molecule has 20 heavy (non-hydrogen) atoms.